The van der Waals surface area contributed by atoms with Crippen LogP contribution in [0.3, 0.4) is 0 Å². The van der Waals surface area contributed by atoms with Gasteiger partial charge in [0.2, 0.25) is 0 Å². The van der Waals surface area contributed by atoms with Crippen LogP contribution in [0.4, 0.5) is 0 Å². The van der Waals surface area contributed by atoms with Crippen molar-refractivity contribution in [3.8, 4) is 0 Å². The fraction of sp³-hybridized carbons (Fsp3) is 0.812. The molecule has 0 heterocycles. The topological polar surface area (TPSA) is 35.5 Å². The number of hydrogen-bond donors (Lipinski definition) is 0. The van der Waals surface area contributed by atoms with Crippen LogP contribution >= 0.6 is 0 Å². The first-order chi connectivity index (χ1) is 9.26. The Morgan fingerprint density at radius 3 is 2.40 bits per heavy atom. The van der Waals surface area contributed by atoms with Gasteiger partial charge in [-0.05, 0) is 39.7 Å². The van der Waals surface area contributed by atoms with Crippen molar-refractivity contribution in [1.29, 1.82) is 0 Å². The van der Waals surface area contributed by atoms with Gasteiger partial charge in [0.05, 0.1) is 6.61 Å². The average molecular weight is 301 g/mol. The summed E-state index contributed by atoms with van der Waals surface area (Å²) >= 11 is 0. The van der Waals surface area contributed by atoms with Gasteiger partial charge in [-0.15, -0.1) is 0 Å². The van der Waals surface area contributed by atoms with Crippen molar-refractivity contribution < 1.29 is 14.0 Å². The van der Waals surface area contributed by atoms with Crippen molar-refractivity contribution >= 4 is 15.7 Å². The Kier molecular flexibility index (Phi) is 9.85. The molecule has 0 saturated heterocycles. The summed E-state index contributed by atoms with van der Waals surface area (Å²) in [4.78, 5) is 11.4. The molecule has 0 aromatic rings. The van der Waals surface area contributed by atoms with Crippen molar-refractivity contribution in [1.82, 2.24) is 0 Å². The maximum Gasteiger partial charge on any atom is 0.333 e. The van der Waals surface area contributed by atoms with Gasteiger partial charge in [0, 0.05) is 11.2 Å². The maximum atomic E-state index is 11.4. The minimum absolute atomic E-state index is 0.0520. The SMILES string of the molecule is C=C(C)C(=O)OCCC(CCCCC)[SiH2]OC(C)(C)C. The lowest BCUT2D eigenvalue weighted by atomic mass is 10.1. The number of rotatable bonds is 10. The highest BCUT2D eigenvalue weighted by Crippen LogP contribution is 2.21. The molecule has 0 aliphatic carbocycles. The number of esters is 1. The molecule has 0 N–H and O–H groups in total. The van der Waals surface area contributed by atoms with E-state index in [4.69, 9.17) is 9.16 Å². The Morgan fingerprint density at radius 1 is 1.25 bits per heavy atom. The van der Waals surface area contributed by atoms with E-state index in [0.29, 0.717) is 17.7 Å². The summed E-state index contributed by atoms with van der Waals surface area (Å²) in [5.74, 6) is -0.282. The van der Waals surface area contributed by atoms with Crippen LogP contribution in [0.15, 0.2) is 12.2 Å². The lowest BCUT2D eigenvalue weighted by Gasteiger charge is -2.24. The van der Waals surface area contributed by atoms with Gasteiger partial charge in [0.15, 0.2) is 9.76 Å². The molecule has 20 heavy (non-hydrogen) atoms. The van der Waals surface area contributed by atoms with E-state index in [-0.39, 0.29) is 11.6 Å². The highest BCUT2D eigenvalue weighted by atomic mass is 28.2. The summed E-state index contributed by atoms with van der Waals surface area (Å²) in [6, 6.07) is 0. The molecule has 0 saturated carbocycles. The maximum absolute atomic E-state index is 11.4. The summed E-state index contributed by atoms with van der Waals surface area (Å²) in [6.07, 6.45) is 5.87. The van der Waals surface area contributed by atoms with Gasteiger partial charge in [0.25, 0.3) is 0 Å². The third-order valence-electron chi connectivity index (χ3n) is 3.08. The lowest BCUT2D eigenvalue weighted by Crippen LogP contribution is -2.25. The van der Waals surface area contributed by atoms with Crippen molar-refractivity contribution in [2.24, 2.45) is 0 Å². The first-order valence-corrected chi connectivity index (χ1v) is 9.12. The fourth-order valence-electron chi connectivity index (χ4n) is 1.80. The van der Waals surface area contributed by atoms with E-state index in [2.05, 4.69) is 34.3 Å². The second-order valence-electron chi connectivity index (χ2n) is 6.49. The molecule has 0 amide bonds. The quantitative estimate of drug-likeness (QED) is 0.267. The molecule has 1 unspecified atom stereocenters. The van der Waals surface area contributed by atoms with Crippen LogP contribution in [0, 0.1) is 0 Å². The molecule has 0 radical (unpaired) electrons. The van der Waals surface area contributed by atoms with Crippen LogP contribution in [0.5, 0.6) is 0 Å². The van der Waals surface area contributed by atoms with Crippen LogP contribution in [0.2, 0.25) is 5.54 Å². The zero-order valence-corrected chi connectivity index (χ0v) is 15.4. The molecular weight excluding hydrogens is 268 g/mol. The third-order valence-corrected chi connectivity index (χ3v) is 5.40. The zero-order valence-electron chi connectivity index (χ0n) is 14.0. The Bertz CT molecular complexity index is 295. The first kappa shape index (κ1) is 19.4. The van der Waals surface area contributed by atoms with Crippen molar-refractivity contribution in [3.05, 3.63) is 12.2 Å². The number of unbranched alkanes of at least 4 members (excludes halogenated alkanes) is 2. The standard InChI is InChI=1S/C16H32O3Si/c1-7-8-9-10-14(20-19-16(4,5)6)11-12-18-15(17)13(2)3/h14H,2,7-12,20H2,1,3-6H3. The van der Waals surface area contributed by atoms with E-state index in [9.17, 15) is 4.79 Å². The molecule has 4 heteroatoms. The van der Waals surface area contributed by atoms with E-state index in [1.165, 1.54) is 25.7 Å². The molecule has 1 atom stereocenters. The van der Waals surface area contributed by atoms with E-state index >= 15 is 0 Å². The summed E-state index contributed by atoms with van der Waals surface area (Å²) < 4.78 is 11.2. The van der Waals surface area contributed by atoms with E-state index in [1.807, 2.05) is 0 Å². The predicted molar refractivity (Wildman–Crippen MR) is 87.7 cm³/mol. The molecule has 3 nitrogen and oxygen atoms in total. The molecule has 0 aliphatic rings. The first-order valence-electron chi connectivity index (χ1n) is 7.73. The monoisotopic (exact) mass is 300 g/mol. The summed E-state index contributed by atoms with van der Waals surface area (Å²) in [5.41, 5.74) is 1.01. The van der Waals surface area contributed by atoms with Crippen LogP contribution in [-0.2, 0) is 14.0 Å². The molecule has 0 bridgehead atoms. The molecule has 0 aromatic heterocycles. The minimum atomic E-state index is -0.585. The Balaban J connectivity index is 4.09. The van der Waals surface area contributed by atoms with Crippen LogP contribution in [0.1, 0.15) is 66.7 Å². The van der Waals surface area contributed by atoms with Crippen molar-refractivity contribution in [3.63, 3.8) is 0 Å². The normalized spacial score (nSPS) is 13.7. The van der Waals surface area contributed by atoms with E-state index in [1.54, 1.807) is 6.92 Å². The minimum Gasteiger partial charge on any atom is -0.462 e. The lowest BCUT2D eigenvalue weighted by molar-refractivity contribution is -0.139. The fourth-order valence-corrected chi connectivity index (χ4v) is 3.33. The second-order valence-corrected chi connectivity index (χ2v) is 8.27. The highest BCUT2D eigenvalue weighted by Gasteiger charge is 2.16. The molecule has 0 aromatic carbocycles. The van der Waals surface area contributed by atoms with E-state index < -0.39 is 9.76 Å². The molecule has 0 aliphatic heterocycles. The largest absolute Gasteiger partial charge is 0.462 e. The predicted octanol–water partition coefficient (Wildman–Crippen LogP) is 3.76. The summed E-state index contributed by atoms with van der Waals surface area (Å²) in [7, 11) is -0.585. The Morgan fingerprint density at radius 2 is 1.90 bits per heavy atom. The van der Waals surface area contributed by atoms with Crippen molar-refractivity contribution in [2.75, 3.05) is 6.61 Å². The second kappa shape index (κ2) is 10.2. The average Bonchev–Trinajstić information content (AvgIpc) is 2.34. The number of carbonyl (C=O) groups is 1. The van der Waals surface area contributed by atoms with Crippen LogP contribution < -0.4 is 0 Å². The molecule has 0 fully saturated rings. The van der Waals surface area contributed by atoms with Gasteiger partial charge < -0.3 is 9.16 Å². The third kappa shape index (κ3) is 11.2. The number of hydrogen-bond acceptors (Lipinski definition) is 3. The molecule has 0 rings (SSSR count). The molecule has 118 valence electrons. The smallest absolute Gasteiger partial charge is 0.333 e. The molecule has 0 spiro atoms. The van der Waals surface area contributed by atoms with Gasteiger partial charge in [-0.25, -0.2) is 4.79 Å². The van der Waals surface area contributed by atoms with Gasteiger partial charge in [0.1, 0.15) is 0 Å². The van der Waals surface area contributed by atoms with Gasteiger partial charge >= 0.3 is 5.97 Å². The van der Waals surface area contributed by atoms with Gasteiger partial charge in [-0.1, -0.05) is 39.2 Å². The summed E-state index contributed by atoms with van der Waals surface area (Å²) in [5, 5.41) is 0. The summed E-state index contributed by atoms with van der Waals surface area (Å²) in [6.45, 7) is 14.3. The number of ether oxygens (including phenoxy) is 1. The van der Waals surface area contributed by atoms with E-state index in [0.717, 1.165) is 6.42 Å². The Labute approximate surface area is 127 Å². The van der Waals surface area contributed by atoms with Crippen molar-refractivity contribution in [2.45, 2.75) is 77.9 Å². The van der Waals surface area contributed by atoms with Crippen LogP contribution in [0.25, 0.3) is 0 Å². The van der Waals surface area contributed by atoms with Gasteiger partial charge in [-0.3, -0.25) is 0 Å². The van der Waals surface area contributed by atoms with Gasteiger partial charge in [-0.2, -0.15) is 0 Å². The zero-order chi connectivity index (χ0) is 15.6. The Hall–Kier alpha value is -0.613. The molecular formula is C16H32O3Si. The number of carbonyl (C=O) groups excluding carboxylic acids is 1. The van der Waals surface area contributed by atoms with Crippen LogP contribution in [-0.4, -0.2) is 27.9 Å². The highest BCUT2D eigenvalue weighted by molar-refractivity contribution is 6.29.